The number of benzene rings is 3. The molecule has 1 atom stereocenters. The minimum atomic E-state index is -0.124. The summed E-state index contributed by atoms with van der Waals surface area (Å²) in [5.74, 6) is 0.842. The largest absolute Gasteiger partial charge is 0.465 e. The SMILES string of the molecule is Brc1ccc(N(c2ccccc2)c2ccc(OC3CCCCO3)cc2)cc1. The number of para-hydroxylation sites is 1. The van der Waals surface area contributed by atoms with E-state index in [0.717, 1.165) is 53.2 Å². The summed E-state index contributed by atoms with van der Waals surface area (Å²) in [5.41, 5.74) is 3.30. The monoisotopic (exact) mass is 423 g/mol. The second-order valence-corrected chi connectivity index (χ2v) is 7.47. The Bertz CT molecular complexity index is 844. The first-order chi connectivity index (χ1) is 13.3. The summed E-state index contributed by atoms with van der Waals surface area (Å²) in [6.45, 7) is 0.786. The standard InChI is InChI=1S/C23H22BrNO2/c24-18-9-11-20(12-10-18)25(19-6-2-1-3-7-19)21-13-15-22(16-14-21)27-23-8-4-5-17-26-23/h1-3,6-7,9-16,23H,4-5,8,17H2. The summed E-state index contributed by atoms with van der Waals surface area (Å²) in [5, 5.41) is 0. The average Bonchev–Trinajstić information content (AvgIpc) is 2.73. The average molecular weight is 424 g/mol. The summed E-state index contributed by atoms with van der Waals surface area (Å²) in [6.07, 6.45) is 3.12. The van der Waals surface area contributed by atoms with Gasteiger partial charge in [-0.2, -0.15) is 0 Å². The van der Waals surface area contributed by atoms with Crippen LogP contribution in [0.15, 0.2) is 83.3 Å². The molecule has 0 amide bonds. The van der Waals surface area contributed by atoms with E-state index >= 15 is 0 Å². The van der Waals surface area contributed by atoms with Gasteiger partial charge in [0.05, 0.1) is 6.61 Å². The lowest BCUT2D eigenvalue weighted by molar-refractivity contribution is -0.105. The van der Waals surface area contributed by atoms with Gasteiger partial charge in [-0.05, 0) is 73.5 Å². The van der Waals surface area contributed by atoms with Gasteiger partial charge in [-0.15, -0.1) is 0 Å². The lowest BCUT2D eigenvalue weighted by Crippen LogP contribution is -2.24. The number of halogens is 1. The van der Waals surface area contributed by atoms with Gasteiger partial charge in [0.2, 0.25) is 0 Å². The highest BCUT2D eigenvalue weighted by Gasteiger charge is 2.16. The molecule has 4 rings (SSSR count). The molecule has 0 spiro atoms. The maximum Gasteiger partial charge on any atom is 0.199 e. The van der Waals surface area contributed by atoms with Gasteiger partial charge in [-0.1, -0.05) is 34.1 Å². The van der Waals surface area contributed by atoms with E-state index in [1.165, 1.54) is 0 Å². The normalized spacial score (nSPS) is 16.7. The number of hydrogen-bond donors (Lipinski definition) is 0. The fourth-order valence-electron chi connectivity index (χ4n) is 3.24. The summed E-state index contributed by atoms with van der Waals surface area (Å²) < 4.78 is 12.7. The second kappa shape index (κ2) is 8.59. The lowest BCUT2D eigenvalue weighted by atomic mass is 10.2. The first kappa shape index (κ1) is 18.1. The van der Waals surface area contributed by atoms with Crippen molar-refractivity contribution in [3.05, 3.63) is 83.3 Å². The van der Waals surface area contributed by atoms with E-state index in [1.54, 1.807) is 0 Å². The zero-order valence-corrected chi connectivity index (χ0v) is 16.6. The topological polar surface area (TPSA) is 21.7 Å². The molecule has 0 bridgehead atoms. The molecule has 0 saturated carbocycles. The molecule has 27 heavy (non-hydrogen) atoms. The van der Waals surface area contributed by atoms with Crippen molar-refractivity contribution in [2.24, 2.45) is 0 Å². The molecule has 1 fully saturated rings. The maximum atomic E-state index is 5.97. The zero-order chi connectivity index (χ0) is 18.5. The third kappa shape index (κ3) is 4.52. The van der Waals surface area contributed by atoms with Crippen molar-refractivity contribution < 1.29 is 9.47 Å². The predicted molar refractivity (Wildman–Crippen MR) is 113 cm³/mol. The van der Waals surface area contributed by atoms with Crippen molar-refractivity contribution in [3.8, 4) is 5.75 Å². The molecule has 1 heterocycles. The molecule has 4 heteroatoms. The van der Waals surface area contributed by atoms with Gasteiger partial charge < -0.3 is 14.4 Å². The van der Waals surface area contributed by atoms with Crippen LogP contribution >= 0.6 is 15.9 Å². The zero-order valence-electron chi connectivity index (χ0n) is 15.1. The van der Waals surface area contributed by atoms with E-state index < -0.39 is 0 Å². The number of nitrogens with zero attached hydrogens (tertiary/aromatic N) is 1. The van der Waals surface area contributed by atoms with Crippen LogP contribution in [0.1, 0.15) is 19.3 Å². The van der Waals surface area contributed by atoms with Crippen LogP contribution < -0.4 is 9.64 Å². The number of hydrogen-bond acceptors (Lipinski definition) is 3. The minimum Gasteiger partial charge on any atom is -0.465 e. The van der Waals surface area contributed by atoms with E-state index in [4.69, 9.17) is 9.47 Å². The number of rotatable bonds is 5. The summed E-state index contributed by atoms with van der Waals surface area (Å²) in [4.78, 5) is 2.23. The minimum absolute atomic E-state index is 0.124. The number of anilines is 3. The Kier molecular flexibility index (Phi) is 5.75. The Hall–Kier alpha value is -2.30. The molecule has 3 aromatic carbocycles. The van der Waals surface area contributed by atoms with Gasteiger partial charge in [-0.25, -0.2) is 0 Å². The molecule has 1 unspecified atom stereocenters. The molecule has 1 aliphatic rings. The third-order valence-electron chi connectivity index (χ3n) is 4.60. The highest BCUT2D eigenvalue weighted by Crippen LogP contribution is 2.35. The molecule has 3 aromatic rings. The van der Waals surface area contributed by atoms with Crippen LogP contribution in [-0.4, -0.2) is 12.9 Å². The molecule has 0 aromatic heterocycles. The first-order valence-electron chi connectivity index (χ1n) is 9.29. The van der Waals surface area contributed by atoms with E-state index in [9.17, 15) is 0 Å². The van der Waals surface area contributed by atoms with Crippen molar-refractivity contribution in [2.45, 2.75) is 25.6 Å². The Morgan fingerprint density at radius 2 is 1.41 bits per heavy atom. The summed E-state index contributed by atoms with van der Waals surface area (Å²) in [7, 11) is 0. The van der Waals surface area contributed by atoms with Gasteiger partial charge in [0.1, 0.15) is 5.75 Å². The Labute approximate surface area is 168 Å². The molecule has 0 radical (unpaired) electrons. The van der Waals surface area contributed by atoms with Crippen LogP contribution in [0.4, 0.5) is 17.1 Å². The van der Waals surface area contributed by atoms with Crippen LogP contribution in [-0.2, 0) is 4.74 Å². The van der Waals surface area contributed by atoms with Gasteiger partial charge in [-0.3, -0.25) is 0 Å². The van der Waals surface area contributed by atoms with Gasteiger partial charge >= 0.3 is 0 Å². The molecule has 3 nitrogen and oxygen atoms in total. The van der Waals surface area contributed by atoms with Crippen molar-refractivity contribution >= 4 is 33.0 Å². The molecular formula is C23H22BrNO2. The Morgan fingerprint density at radius 1 is 0.778 bits per heavy atom. The van der Waals surface area contributed by atoms with E-state index in [0.29, 0.717) is 0 Å². The second-order valence-electron chi connectivity index (χ2n) is 6.56. The van der Waals surface area contributed by atoms with Crippen molar-refractivity contribution in [1.29, 1.82) is 0 Å². The first-order valence-corrected chi connectivity index (χ1v) is 10.1. The van der Waals surface area contributed by atoms with Crippen molar-refractivity contribution in [1.82, 2.24) is 0 Å². The van der Waals surface area contributed by atoms with Crippen LogP contribution in [0.25, 0.3) is 0 Å². The molecule has 0 N–H and O–H groups in total. The van der Waals surface area contributed by atoms with Crippen LogP contribution in [0.3, 0.4) is 0 Å². The molecule has 1 saturated heterocycles. The van der Waals surface area contributed by atoms with E-state index in [2.05, 4.69) is 81.5 Å². The predicted octanol–water partition coefficient (Wildman–Crippen LogP) is 6.82. The van der Waals surface area contributed by atoms with Crippen LogP contribution in [0, 0.1) is 0 Å². The molecule has 1 aliphatic heterocycles. The lowest BCUT2D eigenvalue weighted by Gasteiger charge is -2.26. The van der Waals surface area contributed by atoms with Gasteiger partial charge in [0, 0.05) is 28.0 Å². The van der Waals surface area contributed by atoms with Crippen molar-refractivity contribution in [3.63, 3.8) is 0 Å². The summed E-state index contributed by atoms with van der Waals surface area (Å²) >= 11 is 3.52. The molecule has 138 valence electrons. The van der Waals surface area contributed by atoms with Crippen LogP contribution in [0.2, 0.25) is 0 Å². The molecular weight excluding hydrogens is 402 g/mol. The fourth-order valence-corrected chi connectivity index (χ4v) is 3.51. The van der Waals surface area contributed by atoms with Gasteiger partial charge in [0.25, 0.3) is 0 Å². The Morgan fingerprint density at radius 3 is 2.04 bits per heavy atom. The van der Waals surface area contributed by atoms with Gasteiger partial charge in [0.15, 0.2) is 6.29 Å². The molecule has 0 aliphatic carbocycles. The fraction of sp³-hybridized carbons (Fsp3) is 0.217. The van der Waals surface area contributed by atoms with Crippen molar-refractivity contribution in [2.75, 3.05) is 11.5 Å². The highest BCUT2D eigenvalue weighted by molar-refractivity contribution is 9.10. The smallest absolute Gasteiger partial charge is 0.199 e. The highest BCUT2D eigenvalue weighted by atomic mass is 79.9. The number of ether oxygens (including phenoxy) is 2. The summed E-state index contributed by atoms with van der Waals surface area (Å²) in [6, 6.07) is 26.9. The Balaban J connectivity index is 1.61. The quantitative estimate of drug-likeness (QED) is 0.448. The third-order valence-corrected chi connectivity index (χ3v) is 5.13. The van der Waals surface area contributed by atoms with E-state index in [1.807, 2.05) is 18.2 Å². The maximum absolute atomic E-state index is 5.97. The van der Waals surface area contributed by atoms with Crippen LogP contribution in [0.5, 0.6) is 5.75 Å². The van der Waals surface area contributed by atoms with E-state index in [-0.39, 0.29) is 6.29 Å².